The molecule has 4 bridgehead atoms. The van der Waals surface area contributed by atoms with Crippen molar-refractivity contribution in [2.45, 2.75) is 77.7 Å². The van der Waals surface area contributed by atoms with Gasteiger partial charge in [-0.3, -0.25) is 4.79 Å². The lowest BCUT2D eigenvalue weighted by atomic mass is 9.48. The summed E-state index contributed by atoms with van der Waals surface area (Å²) in [5, 5.41) is 0. The third kappa shape index (κ3) is 3.54. The van der Waals surface area contributed by atoms with Crippen LogP contribution in [0, 0.1) is 22.7 Å². The van der Waals surface area contributed by atoms with Gasteiger partial charge in [-0.25, -0.2) is 4.79 Å². The number of carbonyl (C=O) groups is 2. The van der Waals surface area contributed by atoms with Crippen molar-refractivity contribution in [3.05, 3.63) is 0 Å². The van der Waals surface area contributed by atoms with Crippen molar-refractivity contribution >= 4 is 11.9 Å². The van der Waals surface area contributed by atoms with E-state index < -0.39 is 23.4 Å². The van der Waals surface area contributed by atoms with Gasteiger partial charge < -0.3 is 9.47 Å². The van der Waals surface area contributed by atoms with E-state index in [0.717, 1.165) is 32.1 Å². The lowest BCUT2D eigenvalue weighted by molar-refractivity contribution is -0.218. The van der Waals surface area contributed by atoms with Gasteiger partial charge in [0.05, 0.1) is 12.0 Å². The summed E-state index contributed by atoms with van der Waals surface area (Å²) < 4.78 is 35.9. The molecular weight excluding hydrogens is 330 g/mol. The van der Waals surface area contributed by atoms with Crippen LogP contribution < -0.4 is 0 Å². The van der Waals surface area contributed by atoms with Crippen LogP contribution in [0.4, 0.5) is 8.78 Å². The van der Waals surface area contributed by atoms with Crippen LogP contribution >= 0.6 is 0 Å². The molecule has 4 fully saturated rings. The smallest absolute Gasteiger partial charge is 0.373 e. The molecule has 0 aliphatic heterocycles. The summed E-state index contributed by atoms with van der Waals surface area (Å²) in [7, 11) is 0. The molecule has 0 radical (unpaired) electrons. The lowest BCUT2D eigenvalue weighted by Gasteiger charge is -2.61. The molecule has 0 saturated heterocycles. The maximum atomic E-state index is 12.6. The Labute approximate surface area is 147 Å². The van der Waals surface area contributed by atoms with E-state index in [1.54, 1.807) is 0 Å². The summed E-state index contributed by atoms with van der Waals surface area (Å²) in [4.78, 5) is 23.8. The molecule has 0 aromatic rings. The molecule has 4 nitrogen and oxygen atoms in total. The standard InChI is InChI=1S/C19H28F2O4/c1-4-17(2,3)16(23)25-19-8-12-5-13(9-19)7-18(6-12,10-19)11-24-15(22)14(20)21/h12-14H,4-11H2,1-3H3. The van der Waals surface area contributed by atoms with E-state index >= 15 is 0 Å². The van der Waals surface area contributed by atoms with Crippen molar-refractivity contribution in [3.8, 4) is 0 Å². The Kier molecular flexibility index (Phi) is 4.61. The highest BCUT2D eigenvalue weighted by atomic mass is 19.3. The van der Waals surface area contributed by atoms with Gasteiger partial charge in [0.25, 0.3) is 0 Å². The predicted octanol–water partition coefficient (Wildman–Crippen LogP) is 4.11. The molecule has 0 heterocycles. The van der Waals surface area contributed by atoms with Crippen LogP contribution in [0.15, 0.2) is 0 Å². The average Bonchev–Trinajstić information content (AvgIpc) is 2.50. The fourth-order valence-corrected chi connectivity index (χ4v) is 5.42. The van der Waals surface area contributed by atoms with Gasteiger partial charge in [0, 0.05) is 5.41 Å². The van der Waals surface area contributed by atoms with Crippen LogP contribution in [0.5, 0.6) is 0 Å². The highest BCUT2D eigenvalue weighted by Gasteiger charge is 2.60. The van der Waals surface area contributed by atoms with E-state index in [1.165, 1.54) is 0 Å². The Balaban J connectivity index is 1.74. The number of hydrogen-bond donors (Lipinski definition) is 0. The highest BCUT2D eigenvalue weighted by molar-refractivity contribution is 5.76. The zero-order valence-corrected chi connectivity index (χ0v) is 15.3. The van der Waals surface area contributed by atoms with E-state index in [0.29, 0.717) is 24.7 Å². The predicted molar refractivity (Wildman–Crippen MR) is 87.0 cm³/mol. The number of alkyl halides is 2. The van der Waals surface area contributed by atoms with E-state index in [1.807, 2.05) is 20.8 Å². The van der Waals surface area contributed by atoms with Gasteiger partial charge in [-0.15, -0.1) is 0 Å². The van der Waals surface area contributed by atoms with E-state index in [4.69, 9.17) is 9.47 Å². The van der Waals surface area contributed by atoms with Gasteiger partial charge in [0.15, 0.2) is 0 Å². The molecule has 2 atom stereocenters. The second-order valence-electron chi connectivity index (χ2n) is 9.18. The normalized spacial score (nSPS) is 36.6. The third-order valence-electron chi connectivity index (χ3n) is 6.57. The molecule has 4 aliphatic carbocycles. The molecule has 2 unspecified atom stereocenters. The molecule has 0 spiro atoms. The number of halogens is 2. The van der Waals surface area contributed by atoms with Crippen molar-refractivity contribution in [1.29, 1.82) is 0 Å². The van der Waals surface area contributed by atoms with Gasteiger partial charge in [-0.2, -0.15) is 8.78 Å². The van der Waals surface area contributed by atoms with Crippen molar-refractivity contribution in [2.24, 2.45) is 22.7 Å². The summed E-state index contributed by atoms with van der Waals surface area (Å²) in [5.41, 5.74) is -1.35. The summed E-state index contributed by atoms with van der Waals surface area (Å²) >= 11 is 0. The second kappa shape index (κ2) is 6.20. The van der Waals surface area contributed by atoms with Crippen molar-refractivity contribution in [2.75, 3.05) is 6.61 Å². The van der Waals surface area contributed by atoms with Gasteiger partial charge in [-0.1, -0.05) is 6.92 Å². The first-order valence-corrected chi connectivity index (χ1v) is 9.27. The number of carbonyl (C=O) groups excluding carboxylic acids is 2. The van der Waals surface area contributed by atoms with Crippen molar-refractivity contribution < 1.29 is 27.8 Å². The molecule has 0 N–H and O–H groups in total. The minimum Gasteiger partial charge on any atom is -0.461 e. The van der Waals surface area contributed by atoms with Crippen LogP contribution in [0.3, 0.4) is 0 Å². The Morgan fingerprint density at radius 1 is 1.16 bits per heavy atom. The molecule has 4 saturated carbocycles. The molecule has 4 rings (SSSR count). The first-order valence-electron chi connectivity index (χ1n) is 9.27. The van der Waals surface area contributed by atoms with Gasteiger partial charge in [0.1, 0.15) is 5.60 Å². The quantitative estimate of drug-likeness (QED) is 0.671. The fourth-order valence-electron chi connectivity index (χ4n) is 5.42. The van der Waals surface area contributed by atoms with Gasteiger partial charge >= 0.3 is 18.4 Å². The van der Waals surface area contributed by atoms with E-state index in [2.05, 4.69) is 0 Å². The van der Waals surface area contributed by atoms with Gasteiger partial charge in [0.2, 0.25) is 0 Å². The summed E-state index contributed by atoms with van der Waals surface area (Å²) in [6.45, 7) is 5.75. The second-order valence-corrected chi connectivity index (χ2v) is 9.18. The largest absolute Gasteiger partial charge is 0.461 e. The maximum absolute atomic E-state index is 12.6. The Bertz CT molecular complexity index is 544. The summed E-state index contributed by atoms with van der Waals surface area (Å²) in [6.07, 6.45) is 2.76. The van der Waals surface area contributed by atoms with Crippen LogP contribution in [-0.2, 0) is 19.1 Å². The SMILES string of the molecule is CCC(C)(C)C(=O)OC12CC3CC(CC(COC(=O)C(F)F)(C3)C1)C2. The number of esters is 2. The van der Waals surface area contributed by atoms with Crippen LogP contribution in [0.25, 0.3) is 0 Å². The summed E-state index contributed by atoms with van der Waals surface area (Å²) in [6, 6.07) is 0. The minimum absolute atomic E-state index is 0.0135. The minimum atomic E-state index is -3.09. The van der Waals surface area contributed by atoms with Crippen LogP contribution in [0.1, 0.15) is 65.7 Å². The van der Waals surface area contributed by atoms with Crippen LogP contribution in [-0.4, -0.2) is 30.6 Å². The molecular formula is C19H28F2O4. The van der Waals surface area contributed by atoms with E-state index in [9.17, 15) is 18.4 Å². The Morgan fingerprint density at radius 3 is 2.28 bits per heavy atom. The topological polar surface area (TPSA) is 52.6 Å². The number of rotatable bonds is 6. The van der Waals surface area contributed by atoms with Crippen molar-refractivity contribution in [1.82, 2.24) is 0 Å². The maximum Gasteiger partial charge on any atom is 0.373 e. The molecule has 4 aliphatic rings. The number of hydrogen-bond acceptors (Lipinski definition) is 4. The third-order valence-corrected chi connectivity index (χ3v) is 6.57. The molecule has 0 aromatic heterocycles. The molecule has 6 heteroatoms. The zero-order valence-electron chi connectivity index (χ0n) is 15.3. The molecule has 142 valence electrons. The highest BCUT2D eigenvalue weighted by Crippen LogP contribution is 2.63. The molecule has 0 amide bonds. The van der Waals surface area contributed by atoms with Crippen molar-refractivity contribution in [3.63, 3.8) is 0 Å². The zero-order chi connectivity index (χ0) is 18.5. The first kappa shape index (κ1) is 18.6. The average molecular weight is 358 g/mol. The fraction of sp³-hybridized carbons (Fsp3) is 0.895. The Hall–Kier alpha value is -1.20. The van der Waals surface area contributed by atoms with E-state index in [-0.39, 0.29) is 18.0 Å². The monoisotopic (exact) mass is 358 g/mol. The number of ether oxygens (including phenoxy) is 2. The van der Waals surface area contributed by atoms with Crippen LogP contribution in [0.2, 0.25) is 0 Å². The van der Waals surface area contributed by atoms with Gasteiger partial charge in [-0.05, 0) is 70.6 Å². The molecule has 0 aromatic carbocycles. The molecule has 25 heavy (non-hydrogen) atoms. The summed E-state index contributed by atoms with van der Waals surface area (Å²) in [5.74, 6) is -0.793. The first-order chi connectivity index (χ1) is 11.6. The lowest BCUT2D eigenvalue weighted by Crippen LogP contribution is -2.59. The Morgan fingerprint density at radius 2 is 1.76 bits per heavy atom.